The van der Waals surface area contributed by atoms with E-state index < -0.39 is 27.3 Å². The molecular formula is C14H6F3NO5S. The Morgan fingerprint density at radius 3 is 2.58 bits per heavy atom. The fourth-order valence-corrected chi connectivity index (χ4v) is 2.61. The van der Waals surface area contributed by atoms with Crippen molar-refractivity contribution in [2.45, 2.75) is 6.18 Å². The van der Waals surface area contributed by atoms with E-state index in [0.29, 0.717) is 16.8 Å². The SMILES string of the molecule is O=c1oc2cc(Oc3ccc(C(F)(F)F)cc3[N+](=O)[O-])ccc2s1. The maximum atomic E-state index is 12.7. The number of rotatable bonds is 3. The summed E-state index contributed by atoms with van der Waals surface area (Å²) in [5.74, 6) is -0.267. The summed E-state index contributed by atoms with van der Waals surface area (Å²) >= 11 is 0.869. The number of halogens is 3. The second kappa shape index (κ2) is 5.64. The number of fused-ring (bicyclic) bond motifs is 1. The van der Waals surface area contributed by atoms with E-state index in [2.05, 4.69) is 0 Å². The van der Waals surface area contributed by atoms with E-state index in [1.165, 1.54) is 18.2 Å². The lowest BCUT2D eigenvalue weighted by atomic mass is 10.2. The fraction of sp³-hybridized carbons (Fsp3) is 0.0714. The molecule has 0 aliphatic carbocycles. The third-order valence-corrected chi connectivity index (χ3v) is 3.82. The number of hydrogen-bond donors (Lipinski definition) is 0. The van der Waals surface area contributed by atoms with Crippen LogP contribution in [0.3, 0.4) is 0 Å². The van der Waals surface area contributed by atoms with Gasteiger partial charge in [0.05, 0.1) is 15.2 Å². The topological polar surface area (TPSA) is 82.6 Å². The summed E-state index contributed by atoms with van der Waals surface area (Å²) in [6.45, 7) is 0. The molecule has 1 heterocycles. The lowest BCUT2D eigenvalue weighted by molar-refractivity contribution is -0.385. The third kappa shape index (κ3) is 3.08. The molecule has 0 amide bonds. The van der Waals surface area contributed by atoms with Crippen LogP contribution in [0.25, 0.3) is 10.3 Å². The van der Waals surface area contributed by atoms with Crippen LogP contribution in [-0.4, -0.2) is 4.92 Å². The molecule has 0 bridgehead atoms. The summed E-state index contributed by atoms with van der Waals surface area (Å²) in [6.07, 6.45) is -4.71. The molecule has 3 aromatic rings. The number of nitro groups is 1. The zero-order chi connectivity index (χ0) is 17.5. The van der Waals surface area contributed by atoms with Crippen LogP contribution in [0.2, 0.25) is 0 Å². The van der Waals surface area contributed by atoms with Gasteiger partial charge >= 0.3 is 16.8 Å². The van der Waals surface area contributed by atoms with Gasteiger partial charge in [-0.1, -0.05) is 11.3 Å². The molecule has 2 aromatic carbocycles. The Hall–Kier alpha value is -2.88. The van der Waals surface area contributed by atoms with Gasteiger partial charge in [-0.05, 0) is 24.3 Å². The quantitative estimate of drug-likeness (QED) is 0.506. The summed E-state index contributed by atoms with van der Waals surface area (Å²) < 4.78 is 48.7. The van der Waals surface area contributed by atoms with Crippen LogP contribution in [0.1, 0.15) is 5.56 Å². The average molecular weight is 357 g/mol. The molecule has 3 rings (SSSR count). The van der Waals surface area contributed by atoms with Gasteiger partial charge in [0.25, 0.3) is 0 Å². The molecule has 0 aliphatic heterocycles. The molecule has 124 valence electrons. The summed E-state index contributed by atoms with van der Waals surface area (Å²) in [5.41, 5.74) is -1.76. The molecule has 0 spiro atoms. The molecule has 0 atom stereocenters. The van der Waals surface area contributed by atoms with Crippen molar-refractivity contribution in [2.75, 3.05) is 0 Å². The van der Waals surface area contributed by atoms with E-state index in [0.717, 1.165) is 17.4 Å². The lowest BCUT2D eigenvalue weighted by Gasteiger charge is -2.09. The smallest absolute Gasteiger partial charge is 0.416 e. The van der Waals surface area contributed by atoms with Crippen molar-refractivity contribution in [1.82, 2.24) is 0 Å². The van der Waals surface area contributed by atoms with Gasteiger partial charge in [-0.15, -0.1) is 0 Å². The van der Waals surface area contributed by atoms with Crippen molar-refractivity contribution in [3.8, 4) is 11.5 Å². The minimum atomic E-state index is -4.71. The highest BCUT2D eigenvalue weighted by Crippen LogP contribution is 2.38. The van der Waals surface area contributed by atoms with E-state index in [-0.39, 0.29) is 17.1 Å². The first kappa shape index (κ1) is 16.0. The van der Waals surface area contributed by atoms with Gasteiger partial charge in [-0.3, -0.25) is 10.1 Å². The van der Waals surface area contributed by atoms with E-state index in [1.807, 2.05) is 0 Å². The maximum Gasteiger partial charge on any atom is 0.416 e. The molecule has 0 radical (unpaired) electrons. The van der Waals surface area contributed by atoms with Crippen molar-refractivity contribution in [3.05, 3.63) is 61.8 Å². The summed E-state index contributed by atoms with van der Waals surface area (Å²) in [5, 5.41) is 11.0. The Morgan fingerprint density at radius 1 is 1.17 bits per heavy atom. The predicted molar refractivity (Wildman–Crippen MR) is 78.5 cm³/mol. The zero-order valence-corrected chi connectivity index (χ0v) is 12.3. The highest BCUT2D eigenvalue weighted by molar-refractivity contribution is 7.16. The van der Waals surface area contributed by atoms with Crippen LogP contribution in [0.4, 0.5) is 18.9 Å². The minimum Gasteiger partial charge on any atom is -0.450 e. The second-order valence-electron chi connectivity index (χ2n) is 4.60. The van der Waals surface area contributed by atoms with Crippen LogP contribution in [0.15, 0.2) is 45.6 Å². The molecule has 10 heteroatoms. The molecule has 1 aromatic heterocycles. The van der Waals surface area contributed by atoms with Gasteiger partial charge in [-0.25, -0.2) is 4.79 Å². The van der Waals surface area contributed by atoms with Crippen molar-refractivity contribution in [2.24, 2.45) is 0 Å². The minimum absolute atomic E-state index is 0.0897. The molecule has 24 heavy (non-hydrogen) atoms. The van der Waals surface area contributed by atoms with Crippen molar-refractivity contribution in [3.63, 3.8) is 0 Å². The Balaban J connectivity index is 2.01. The van der Waals surface area contributed by atoms with Crippen molar-refractivity contribution in [1.29, 1.82) is 0 Å². The third-order valence-electron chi connectivity index (χ3n) is 3.01. The standard InChI is InChI=1S/C14H6F3NO5S/c15-14(16,17)7-1-3-10(9(5-7)18(20)21)22-8-2-4-12-11(6-8)23-13(19)24-12/h1-6H. The van der Waals surface area contributed by atoms with E-state index >= 15 is 0 Å². The molecule has 0 aliphatic rings. The summed E-state index contributed by atoms with van der Waals surface area (Å²) in [4.78, 5) is 20.7. The van der Waals surface area contributed by atoms with E-state index in [4.69, 9.17) is 9.15 Å². The lowest BCUT2D eigenvalue weighted by Crippen LogP contribution is -2.06. The zero-order valence-electron chi connectivity index (χ0n) is 11.5. The highest BCUT2D eigenvalue weighted by Gasteiger charge is 2.33. The normalized spacial score (nSPS) is 11.6. The Morgan fingerprint density at radius 2 is 1.92 bits per heavy atom. The van der Waals surface area contributed by atoms with E-state index in [1.54, 1.807) is 0 Å². The largest absolute Gasteiger partial charge is 0.450 e. The molecule has 0 N–H and O–H groups in total. The number of ether oxygens (including phenoxy) is 1. The van der Waals surface area contributed by atoms with Gasteiger partial charge in [0.1, 0.15) is 5.75 Å². The van der Waals surface area contributed by atoms with Crippen molar-refractivity contribution >= 4 is 27.3 Å². The molecule has 6 nitrogen and oxygen atoms in total. The Bertz CT molecular complexity index is 992. The first-order chi connectivity index (χ1) is 11.2. The first-order valence-corrected chi connectivity index (χ1v) is 7.13. The summed E-state index contributed by atoms with van der Waals surface area (Å²) in [7, 11) is 0. The van der Waals surface area contributed by atoms with Gasteiger partial charge in [0.15, 0.2) is 5.58 Å². The van der Waals surface area contributed by atoms with E-state index in [9.17, 15) is 28.1 Å². The highest BCUT2D eigenvalue weighted by atomic mass is 32.1. The molecule has 0 saturated heterocycles. The monoisotopic (exact) mass is 357 g/mol. The van der Waals surface area contributed by atoms with Crippen LogP contribution in [0, 0.1) is 10.1 Å². The molecule has 0 saturated carbocycles. The number of nitrogens with zero attached hydrogens (tertiary/aromatic N) is 1. The van der Waals surface area contributed by atoms with Gasteiger partial charge in [-0.2, -0.15) is 13.2 Å². The van der Waals surface area contributed by atoms with Gasteiger partial charge in [0, 0.05) is 12.1 Å². The first-order valence-electron chi connectivity index (χ1n) is 6.31. The number of benzene rings is 2. The molecule has 0 unspecified atom stereocenters. The number of alkyl halides is 3. The Kier molecular flexibility index (Phi) is 3.76. The van der Waals surface area contributed by atoms with Crippen LogP contribution >= 0.6 is 11.3 Å². The summed E-state index contributed by atoms with van der Waals surface area (Å²) in [6, 6.07) is 6.22. The Labute approximate surface area is 134 Å². The van der Waals surface area contributed by atoms with Gasteiger partial charge in [0.2, 0.25) is 5.75 Å². The van der Waals surface area contributed by atoms with Crippen molar-refractivity contribution < 1.29 is 27.2 Å². The maximum absolute atomic E-state index is 12.7. The predicted octanol–water partition coefficient (Wildman–Crippen LogP) is 4.57. The van der Waals surface area contributed by atoms with Crippen LogP contribution in [0.5, 0.6) is 11.5 Å². The van der Waals surface area contributed by atoms with Crippen LogP contribution < -0.4 is 9.68 Å². The van der Waals surface area contributed by atoms with Crippen LogP contribution in [-0.2, 0) is 6.18 Å². The van der Waals surface area contributed by atoms with Gasteiger partial charge < -0.3 is 9.15 Å². The number of nitro benzene ring substituents is 1. The molecule has 0 fully saturated rings. The fourth-order valence-electron chi connectivity index (χ4n) is 1.97. The number of hydrogen-bond acceptors (Lipinski definition) is 6. The average Bonchev–Trinajstić information content (AvgIpc) is 2.85. The second-order valence-corrected chi connectivity index (χ2v) is 5.58. The molecular weight excluding hydrogens is 351 g/mol.